The number of halogens is 3. The van der Waals surface area contributed by atoms with Gasteiger partial charge in [-0.3, -0.25) is 0 Å². The summed E-state index contributed by atoms with van der Waals surface area (Å²) in [5.41, 5.74) is 1.17. The summed E-state index contributed by atoms with van der Waals surface area (Å²) in [7, 11) is 0. The Balaban J connectivity index is 2.14. The molecule has 0 spiro atoms. The Morgan fingerprint density at radius 2 is 1.44 bits per heavy atom. The summed E-state index contributed by atoms with van der Waals surface area (Å²) in [6.07, 6.45) is 3.89. The van der Waals surface area contributed by atoms with E-state index in [0.717, 1.165) is 25.3 Å². The number of hydrogen-bond donors (Lipinski definition) is 1. The number of rotatable bonds is 2. The zero-order chi connectivity index (χ0) is 13.3. The first-order chi connectivity index (χ1) is 8.45. The van der Waals surface area contributed by atoms with Crippen molar-refractivity contribution in [3.8, 4) is 0 Å². The lowest BCUT2D eigenvalue weighted by Crippen LogP contribution is -2.30. The van der Waals surface area contributed by atoms with Crippen LogP contribution in [-0.2, 0) is 0 Å². The quantitative estimate of drug-likeness (QED) is 0.577. The molecule has 0 aliphatic heterocycles. The molecule has 2 rings (SSSR count). The normalized spacial score (nSPS) is 28.2. The van der Waals surface area contributed by atoms with Crippen molar-refractivity contribution in [2.24, 2.45) is 11.8 Å². The van der Waals surface area contributed by atoms with Crippen molar-refractivity contribution in [1.82, 2.24) is 0 Å². The van der Waals surface area contributed by atoms with E-state index < -0.39 is 0 Å². The molecule has 0 bridgehead atoms. The van der Waals surface area contributed by atoms with Gasteiger partial charge in [-0.25, -0.2) is 0 Å². The molecular weight excluding hydrogens is 422 g/mol. The Kier molecular flexibility index (Phi) is 5.18. The number of anilines is 1. The van der Waals surface area contributed by atoms with Crippen LogP contribution in [-0.4, -0.2) is 6.04 Å². The monoisotopic (exact) mass is 437 g/mol. The summed E-state index contributed by atoms with van der Waals surface area (Å²) in [6, 6.07) is 4.75. The smallest absolute Gasteiger partial charge is 0.0631 e. The van der Waals surface area contributed by atoms with Gasteiger partial charge in [0.15, 0.2) is 0 Å². The van der Waals surface area contributed by atoms with Gasteiger partial charge < -0.3 is 5.32 Å². The lowest BCUT2D eigenvalue weighted by molar-refractivity contribution is 0.280. The summed E-state index contributed by atoms with van der Waals surface area (Å²) >= 11 is 10.8. The Morgan fingerprint density at radius 3 is 1.94 bits per heavy atom. The second-order valence-electron chi connectivity index (χ2n) is 5.50. The zero-order valence-electron chi connectivity index (χ0n) is 10.6. The van der Waals surface area contributed by atoms with Crippen LogP contribution >= 0.6 is 47.8 Å². The van der Waals surface area contributed by atoms with E-state index in [0.29, 0.717) is 6.04 Å². The molecule has 1 aliphatic carbocycles. The van der Waals surface area contributed by atoms with Crippen LogP contribution in [0.3, 0.4) is 0 Å². The van der Waals surface area contributed by atoms with Crippen LogP contribution in [0.5, 0.6) is 0 Å². The van der Waals surface area contributed by atoms with Crippen molar-refractivity contribution in [3.05, 3.63) is 25.6 Å². The third-order valence-corrected chi connectivity index (χ3v) is 5.24. The fourth-order valence-electron chi connectivity index (χ4n) is 2.95. The van der Waals surface area contributed by atoms with Crippen LogP contribution in [0, 0.1) is 11.8 Å². The molecule has 0 radical (unpaired) electrons. The molecule has 1 N–H and O–H groups in total. The molecule has 0 saturated heterocycles. The van der Waals surface area contributed by atoms with Crippen LogP contribution in [0.1, 0.15) is 33.1 Å². The first-order valence-electron chi connectivity index (χ1n) is 6.36. The first-order valence-corrected chi connectivity index (χ1v) is 8.74. The van der Waals surface area contributed by atoms with E-state index in [9.17, 15) is 0 Å². The molecule has 1 fully saturated rings. The van der Waals surface area contributed by atoms with Gasteiger partial charge in [0.1, 0.15) is 0 Å². The molecule has 0 amide bonds. The van der Waals surface area contributed by atoms with E-state index in [1.54, 1.807) is 0 Å². The molecule has 1 aliphatic rings. The highest BCUT2D eigenvalue weighted by Gasteiger charge is 2.24. The molecule has 2 atom stereocenters. The minimum absolute atomic E-state index is 0.581. The third kappa shape index (κ3) is 3.73. The standard InChI is InChI=1S/C14H18Br3N/c1-8-3-9(2)5-11(4-8)18-14-12(16)6-10(15)7-13(14)17/h6-9,11,18H,3-5H2,1-2H3. The van der Waals surface area contributed by atoms with Crippen LogP contribution in [0.25, 0.3) is 0 Å². The number of nitrogens with one attached hydrogen (secondary N) is 1. The van der Waals surface area contributed by atoms with Crippen LogP contribution < -0.4 is 5.32 Å². The molecule has 0 aromatic heterocycles. The lowest BCUT2D eigenvalue weighted by Gasteiger charge is -2.33. The van der Waals surface area contributed by atoms with Crippen molar-refractivity contribution in [2.75, 3.05) is 5.32 Å². The van der Waals surface area contributed by atoms with Crippen molar-refractivity contribution < 1.29 is 0 Å². The highest BCUT2D eigenvalue weighted by molar-refractivity contribution is 9.11. The van der Waals surface area contributed by atoms with E-state index in [1.807, 2.05) is 0 Å². The summed E-state index contributed by atoms with van der Waals surface area (Å²) in [5, 5.41) is 3.69. The fraction of sp³-hybridized carbons (Fsp3) is 0.571. The maximum Gasteiger partial charge on any atom is 0.0631 e. The summed E-state index contributed by atoms with van der Waals surface area (Å²) < 4.78 is 3.29. The molecule has 1 aromatic rings. The molecular formula is C14H18Br3N. The Morgan fingerprint density at radius 1 is 0.944 bits per heavy atom. The topological polar surface area (TPSA) is 12.0 Å². The largest absolute Gasteiger partial charge is 0.380 e. The van der Waals surface area contributed by atoms with Gasteiger partial charge in [0, 0.05) is 19.5 Å². The van der Waals surface area contributed by atoms with Gasteiger partial charge in [0.05, 0.1) is 5.69 Å². The van der Waals surface area contributed by atoms with Crippen LogP contribution in [0.15, 0.2) is 25.6 Å². The van der Waals surface area contributed by atoms with Gasteiger partial charge in [-0.05, 0) is 75.1 Å². The maximum absolute atomic E-state index is 3.69. The molecule has 1 aromatic carbocycles. The number of benzene rings is 1. The van der Waals surface area contributed by atoms with Crippen molar-refractivity contribution in [1.29, 1.82) is 0 Å². The van der Waals surface area contributed by atoms with E-state index in [4.69, 9.17) is 0 Å². The molecule has 1 nitrogen and oxygen atoms in total. The minimum Gasteiger partial charge on any atom is -0.380 e. The van der Waals surface area contributed by atoms with Crippen LogP contribution in [0.4, 0.5) is 5.69 Å². The van der Waals surface area contributed by atoms with Gasteiger partial charge in [0.25, 0.3) is 0 Å². The highest BCUT2D eigenvalue weighted by Crippen LogP contribution is 2.37. The van der Waals surface area contributed by atoms with E-state index in [1.165, 1.54) is 24.9 Å². The van der Waals surface area contributed by atoms with E-state index >= 15 is 0 Å². The van der Waals surface area contributed by atoms with Gasteiger partial charge in [-0.2, -0.15) is 0 Å². The second-order valence-corrected chi connectivity index (χ2v) is 8.13. The van der Waals surface area contributed by atoms with Gasteiger partial charge in [0.2, 0.25) is 0 Å². The van der Waals surface area contributed by atoms with Crippen LogP contribution in [0.2, 0.25) is 0 Å². The summed E-state index contributed by atoms with van der Waals surface area (Å²) in [6.45, 7) is 4.71. The first kappa shape index (κ1) is 14.9. The van der Waals surface area contributed by atoms with Gasteiger partial charge in [-0.15, -0.1) is 0 Å². The zero-order valence-corrected chi connectivity index (χ0v) is 15.4. The fourth-order valence-corrected chi connectivity index (χ4v) is 5.44. The van der Waals surface area contributed by atoms with E-state index in [2.05, 4.69) is 79.1 Å². The summed E-state index contributed by atoms with van der Waals surface area (Å²) in [5.74, 6) is 1.64. The highest BCUT2D eigenvalue weighted by atomic mass is 79.9. The predicted molar refractivity (Wildman–Crippen MR) is 89.1 cm³/mol. The van der Waals surface area contributed by atoms with E-state index in [-0.39, 0.29) is 0 Å². The molecule has 18 heavy (non-hydrogen) atoms. The Hall–Kier alpha value is 0.460. The molecule has 4 heteroatoms. The predicted octanol–water partition coefficient (Wildman–Crippen LogP) is 6.21. The molecule has 0 heterocycles. The Bertz CT molecular complexity index is 400. The molecule has 1 saturated carbocycles. The third-order valence-electron chi connectivity index (χ3n) is 3.53. The lowest BCUT2D eigenvalue weighted by atomic mass is 9.80. The number of hydrogen-bond acceptors (Lipinski definition) is 1. The molecule has 2 unspecified atom stereocenters. The molecule has 100 valence electrons. The average molecular weight is 440 g/mol. The summed E-state index contributed by atoms with van der Waals surface area (Å²) in [4.78, 5) is 0. The van der Waals surface area contributed by atoms with Gasteiger partial charge >= 0.3 is 0 Å². The average Bonchev–Trinajstić information content (AvgIpc) is 2.22. The van der Waals surface area contributed by atoms with Crippen molar-refractivity contribution >= 4 is 53.5 Å². The second kappa shape index (κ2) is 6.27. The van der Waals surface area contributed by atoms with Crippen molar-refractivity contribution in [2.45, 2.75) is 39.2 Å². The SMILES string of the molecule is CC1CC(C)CC(Nc2c(Br)cc(Br)cc2Br)C1. The van der Waals surface area contributed by atoms with Gasteiger partial charge in [-0.1, -0.05) is 29.8 Å². The maximum atomic E-state index is 3.69. The Labute approximate surface area is 134 Å². The van der Waals surface area contributed by atoms with Crippen molar-refractivity contribution in [3.63, 3.8) is 0 Å². The minimum atomic E-state index is 0.581.